The number of aryl methyl sites for hydroxylation is 2. The van der Waals surface area contributed by atoms with E-state index < -0.39 is 22.4 Å². The fourth-order valence-electron chi connectivity index (χ4n) is 2.94. The van der Waals surface area contributed by atoms with Crippen LogP contribution in [0.25, 0.3) is 11.0 Å². The Labute approximate surface area is 168 Å². The number of carbonyl (C=O) groups excluding carboxylic acids is 1. The first kappa shape index (κ1) is 22.1. The molecule has 2 rings (SSSR count). The summed E-state index contributed by atoms with van der Waals surface area (Å²) in [5.41, 5.74) is 4.90. The number of primary amides is 1. The zero-order valence-corrected chi connectivity index (χ0v) is 17.8. The van der Waals surface area contributed by atoms with Gasteiger partial charge in [0.1, 0.15) is 16.2 Å². The van der Waals surface area contributed by atoms with Gasteiger partial charge in [-0.15, -0.1) is 0 Å². The van der Waals surface area contributed by atoms with Crippen LogP contribution in [0.5, 0.6) is 0 Å². The third-order valence-electron chi connectivity index (χ3n) is 4.59. The molecular formula is C19H29N5O3S. The Kier molecular flexibility index (Phi) is 7.79. The second-order valence-electron chi connectivity index (χ2n) is 6.92. The maximum Gasteiger partial charge on any atom is 0.332 e. The summed E-state index contributed by atoms with van der Waals surface area (Å²) in [7, 11) is 1.45. The van der Waals surface area contributed by atoms with Crippen molar-refractivity contribution in [1.29, 1.82) is 0 Å². The van der Waals surface area contributed by atoms with Crippen LogP contribution in [0.1, 0.15) is 58.7 Å². The topological polar surface area (TPSA) is 113 Å². The largest absolute Gasteiger partial charge is 0.369 e. The number of unbranched alkanes of at least 4 members (excludes halogenated alkanes) is 3. The van der Waals surface area contributed by atoms with Gasteiger partial charge in [-0.3, -0.25) is 18.7 Å². The smallest absolute Gasteiger partial charge is 0.332 e. The summed E-state index contributed by atoms with van der Waals surface area (Å²) in [5, 5.41) is 0.125. The van der Waals surface area contributed by atoms with E-state index >= 15 is 0 Å². The Morgan fingerprint density at radius 3 is 2.46 bits per heavy atom. The molecule has 28 heavy (non-hydrogen) atoms. The van der Waals surface area contributed by atoms with Crippen LogP contribution in [0.4, 0.5) is 0 Å². The molecule has 0 saturated carbocycles. The molecule has 0 aliphatic rings. The van der Waals surface area contributed by atoms with Crippen molar-refractivity contribution in [3.63, 3.8) is 0 Å². The van der Waals surface area contributed by atoms with Gasteiger partial charge in [-0.25, -0.2) is 14.8 Å². The minimum Gasteiger partial charge on any atom is -0.369 e. The number of carbonyl (C=O) groups is 1. The lowest BCUT2D eigenvalue weighted by Gasteiger charge is -2.15. The van der Waals surface area contributed by atoms with Gasteiger partial charge in [-0.2, -0.15) is 0 Å². The molecule has 0 aliphatic carbocycles. The van der Waals surface area contributed by atoms with Gasteiger partial charge in [0.25, 0.3) is 5.56 Å². The summed E-state index contributed by atoms with van der Waals surface area (Å²) >= 11 is 1.14. The van der Waals surface area contributed by atoms with E-state index in [1.54, 1.807) is 6.92 Å². The van der Waals surface area contributed by atoms with Crippen molar-refractivity contribution < 1.29 is 4.79 Å². The molecule has 154 valence electrons. The molecule has 2 aromatic rings. The number of nitrogens with zero attached hydrogens (tertiary/aromatic N) is 4. The number of hydrogen-bond acceptors (Lipinski definition) is 6. The van der Waals surface area contributed by atoms with Gasteiger partial charge in [0.05, 0.1) is 5.25 Å². The van der Waals surface area contributed by atoms with Crippen LogP contribution in [0.2, 0.25) is 0 Å². The summed E-state index contributed by atoms with van der Waals surface area (Å²) in [6.45, 7) is 6.23. The van der Waals surface area contributed by atoms with Crippen LogP contribution in [0.15, 0.2) is 14.6 Å². The number of rotatable bonds is 10. The first-order chi connectivity index (χ1) is 13.3. The summed E-state index contributed by atoms with van der Waals surface area (Å²) in [4.78, 5) is 46.2. The molecule has 2 heterocycles. The van der Waals surface area contributed by atoms with Crippen molar-refractivity contribution in [2.45, 2.75) is 76.1 Å². The Balaban J connectivity index is 2.69. The molecule has 2 aromatic heterocycles. The minimum atomic E-state index is -0.553. The number of aromatic nitrogens is 4. The van der Waals surface area contributed by atoms with E-state index in [0.717, 1.165) is 48.4 Å². The van der Waals surface area contributed by atoms with Crippen LogP contribution < -0.4 is 17.0 Å². The number of nitrogens with two attached hydrogens (primary N) is 1. The molecule has 1 atom stereocenters. The lowest BCUT2D eigenvalue weighted by Crippen LogP contribution is -2.39. The lowest BCUT2D eigenvalue weighted by molar-refractivity contribution is -0.117. The predicted molar refractivity (Wildman–Crippen MR) is 112 cm³/mol. The quantitative estimate of drug-likeness (QED) is 0.366. The number of hydrogen-bond donors (Lipinski definition) is 1. The minimum absolute atomic E-state index is 0.269. The van der Waals surface area contributed by atoms with Crippen molar-refractivity contribution in [3.8, 4) is 0 Å². The lowest BCUT2D eigenvalue weighted by atomic mass is 10.1. The van der Waals surface area contributed by atoms with Gasteiger partial charge in [0, 0.05) is 20.0 Å². The average Bonchev–Trinajstić information content (AvgIpc) is 2.66. The standard InChI is InChI=1S/C19H29N5O3S/c1-5-7-8-9-10-13-21-16-14(17(22-13)28-12(3)15(20)25)18(26)23(4)19(27)24(16)11-6-2/h12H,5-11H2,1-4H3,(H2,20,25). The molecular weight excluding hydrogens is 378 g/mol. The molecule has 0 saturated heterocycles. The van der Waals surface area contributed by atoms with E-state index in [9.17, 15) is 14.4 Å². The van der Waals surface area contributed by atoms with Crippen molar-refractivity contribution in [3.05, 3.63) is 26.7 Å². The van der Waals surface area contributed by atoms with E-state index in [-0.39, 0.29) is 5.39 Å². The maximum absolute atomic E-state index is 12.8. The number of thioether (sulfide) groups is 1. The normalized spacial score (nSPS) is 12.4. The monoisotopic (exact) mass is 407 g/mol. The highest BCUT2D eigenvalue weighted by Crippen LogP contribution is 2.26. The van der Waals surface area contributed by atoms with E-state index in [2.05, 4.69) is 16.9 Å². The Hall–Kier alpha value is -2.16. The summed E-state index contributed by atoms with van der Waals surface area (Å²) in [6, 6.07) is 0. The highest BCUT2D eigenvalue weighted by Gasteiger charge is 2.21. The summed E-state index contributed by atoms with van der Waals surface area (Å²) in [6.07, 6.45) is 5.64. The highest BCUT2D eigenvalue weighted by atomic mass is 32.2. The summed E-state index contributed by atoms with van der Waals surface area (Å²) in [5.74, 6) is 0.0974. The van der Waals surface area contributed by atoms with Gasteiger partial charge in [0.2, 0.25) is 5.91 Å². The van der Waals surface area contributed by atoms with Crippen LogP contribution in [0.3, 0.4) is 0 Å². The van der Waals surface area contributed by atoms with Crippen molar-refractivity contribution in [2.75, 3.05) is 0 Å². The van der Waals surface area contributed by atoms with Crippen molar-refractivity contribution >= 4 is 28.7 Å². The molecule has 0 aliphatic heterocycles. The fraction of sp³-hybridized carbons (Fsp3) is 0.632. The average molecular weight is 408 g/mol. The van der Waals surface area contributed by atoms with E-state index in [1.165, 1.54) is 11.6 Å². The highest BCUT2D eigenvalue weighted by molar-refractivity contribution is 8.00. The van der Waals surface area contributed by atoms with E-state index in [1.807, 2.05) is 6.92 Å². The maximum atomic E-state index is 12.8. The van der Waals surface area contributed by atoms with Crippen LogP contribution in [-0.4, -0.2) is 30.3 Å². The van der Waals surface area contributed by atoms with Crippen molar-refractivity contribution in [1.82, 2.24) is 19.1 Å². The first-order valence-electron chi connectivity index (χ1n) is 9.78. The Morgan fingerprint density at radius 2 is 1.86 bits per heavy atom. The first-order valence-corrected chi connectivity index (χ1v) is 10.7. The second kappa shape index (κ2) is 9.86. The van der Waals surface area contributed by atoms with E-state index in [0.29, 0.717) is 29.5 Å². The van der Waals surface area contributed by atoms with E-state index in [4.69, 9.17) is 5.73 Å². The van der Waals surface area contributed by atoms with Gasteiger partial charge in [0.15, 0.2) is 5.65 Å². The van der Waals surface area contributed by atoms with Crippen molar-refractivity contribution in [2.24, 2.45) is 12.8 Å². The molecule has 1 amide bonds. The number of fused-ring (bicyclic) bond motifs is 1. The molecule has 0 bridgehead atoms. The summed E-state index contributed by atoms with van der Waals surface area (Å²) < 4.78 is 2.59. The molecule has 0 spiro atoms. The van der Waals surface area contributed by atoms with Crippen LogP contribution in [-0.2, 0) is 24.8 Å². The molecule has 8 nitrogen and oxygen atoms in total. The zero-order chi connectivity index (χ0) is 20.8. The third kappa shape index (κ3) is 4.81. The third-order valence-corrected chi connectivity index (χ3v) is 5.69. The molecule has 2 N–H and O–H groups in total. The molecule has 0 fully saturated rings. The fourth-order valence-corrected chi connectivity index (χ4v) is 3.84. The zero-order valence-electron chi connectivity index (χ0n) is 17.0. The second-order valence-corrected chi connectivity index (χ2v) is 8.24. The molecule has 0 aromatic carbocycles. The Bertz CT molecular complexity index is 967. The molecule has 9 heteroatoms. The Morgan fingerprint density at radius 1 is 1.14 bits per heavy atom. The van der Waals surface area contributed by atoms with Crippen LogP contribution >= 0.6 is 11.8 Å². The van der Waals surface area contributed by atoms with Crippen LogP contribution in [0, 0.1) is 0 Å². The molecule has 0 radical (unpaired) electrons. The van der Waals surface area contributed by atoms with Gasteiger partial charge >= 0.3 is 5.69 Å². The van der Waals surface area contributed by atoms with Gasteiger partial charge in [-0.05, 0) is 19.8 Å². The molecule has 1 unspecified atom stereocenters. The number of amides is 1. The van der Waals surface area contributed by atoms with Gasteiger partial charge < -0.3 is 5.73 Å². The van der Waals surface area contributed by atoms with Gasteiger partial charge in [-0.1, -0.05) is 44.9 Å². The predicted octanol–water partition coefficient (Wildman–Crippen LogP) is 1.99. The SMILES string of the molecule is CCCCCCc1nc(SC(C)C(N)=O)c2c(=O)n(C)c(=O)n(CCC)c2n1.